The van der Waals surface area contributed by atoms with Crippen LogP contribution in [0, 0.1) is 13.8 Å². The number of hydrogen-bond donors (Lipinski definition) is 1. The van der Waals surface area contributed by atoms with Gasteiger partial charge in [-0.25, -0.2) is 0 Å². The predicted octanol–water partition coefficient (Wildman–Crippen LogP) is 4.60. The van der Waals surface area contributed by atoms with Crippen LogP contribution in [0.4, 0.5) is 13.2 Å². The molecule has 1 aromatic heterocycles. The van der Waals surface area contributed by atoms with Crippen LogP contribution in [0.5, 0.6) is 5.75 Å². The summed E-state index contributed by atoms with van der Waals surface area (Å²) in [6.07, 6.45) is -0.135. The first-order valence-corrected chi connectivity index (χ1v) is 14.3. The molecule has 3 saturated heterocycles. The van der Waals surface area contributed by atoms with Crippen LogP contribution in [0.15, 0.2) is 30.5 Å². The molecule has 3 aliphatic rings. The average Bonchev–Trinajstić information content (AvgIpc) is 3.55. The van der Waals surface area contributed by atoms with Crippen molar-refractivity contribution in [3.8, 4) is 5.75 Å². The second-order valence-corrected chi connectivity index (χ2v) is 11.5. The Morgan fingerprint density at radius 2 is 1.85 bits per heavy atom. The van der Waals surface area contributed by atoms with E-state index in [1.807, 2.05) is 0 Å². The molecule has 0 radical (unpaired) electrons. The molecule has 5 rings (SSSR count). The molecule has 0 saturated carbocycles. The smallest absolute Gasteiger partial charge is 0.433 e. The van der Waals surface area contributed by atoms with Crippen molar-refractivity contribution in [1.82, 2.24) is 19.7 Å². The van der Waals surface area contributed by atoms with E-state index in [0.717, 1.165) is 75.4 Å². The molecule has 40 heavy (non-hydrogen) atoms. The minimum absolute atomic E-state index is 0.0365. The van der Waals surface area contributed by atoms with Gasteiger partial charge in [0.25, 0.3) is 5.91 Å². The molecule has 0 aliphatic carbocycles. The van der Waals surface area contributed by atoms with E-state index in [4.69, 9.17) is 4.74 Å². The molecule has 7 nitrogen and oxygen atoms in total. The highest BCUT2D eigenvalue weighted by Gasteiger charge is 2.47. The third kappa shape index (κ3) is 5.99. The number of rotatable bonds is 8. The van der Waals surface area contributed by atoms with Crippen molar-refractivity contribution in [2.45, 2.75) is 76.9 Å². The quantitative estimate of drug-likeness (QED) is 0.476. The second-order valence-electron chi connectivity index (χ2n) is 11.5. The van der Waals surface area contributed by atoms with Crippen molar-refractivity contribution in [1.29, 1.82) is 0 Å². The Kier molecular flexibility index (Phi) is 8.40. The zero-order chi connectivity index (χ0) is 28.6. The Bertz CT molecular complexity index is 1200. The minimum Gasteiger partial charge on any atom is -0.493 e. The van der Waals surface area contributed by atoms with Crippen LogP contribution in [0.1, 0.15) is 71.4 Å². The van der Waals surface area contributed by atoms with E-state index >= 15 is 0 Å². The standard InChI is InChI=1S/C30H39F3N4O3/c1-19-20(2)27(40-14-4-11-35-12-9-25(38)10-13-35)7-6-26(19)21(3)36-17-24-15-23(36)18-37(24)29(39)22-5-8-28(34-16-22)30(31,32)33/h5-8,16,21,23-25,38H,4,9-15,17-18H2,1-3H3/t21-,23-,24-/m0/s1. The summed E-state index contributed by atoms with van der Waals surface area (Å²) in [6.45, 7) is 11.3. The number of nitrogens with zero attached hydrogens (tertiary/aromatic N) is 4. The Morgan fingerprint density at radius 1 is 1.10 bits per heavy atom. The first-order chi connectivity index (χ1) is 19.0. The summed E-state index contributed by atoms with van der Waals surface area (Å²) in [5.74, 6) is 0.653. The summed E-state index contributed by atoms with van der Waals surface area (Å²) in [5, 5.41) is 9.67. The lowest BCUT2D eigenvalue weighted by Crippen LogP contribution is -2.49. The van der Waals surface area contributed by atoms with Gasteiger partial charge in [0.15, 0.2) is 0 Å². The number of aromatic nitrogens is 1. The summed E-state index contributed by atoms with van der Waals surface area (Å²) in [7, 11) is 0. The number of amides is 1. The molecule has 2 aromatic rings. The van der Waals surface area contributed by atoms with Crippen molar-refractivity contribution >= 4 is 5.91 Å². The van der Waals surface area contributed by atoms with Crippen molar-refractivity contribution in [2.24, 2.45) is 0 Å². The van der Waals surface area contributed by atoms with E-state index in [1.54, 1.807) is 4.90 Å². The number of hydrogen-bond acceptors (Lipinski definition) is 6. The van der Waals surface area contributed by atoms with Gasteiger partial charge in [0.2, 0.25) is 0 Å². The van der Waals surface area contributed by atoms with Crippen LogP contribution >= 0.6 is 0 Å². The number of carbonyl (C=O) groups is 1. The number of aliphatic hydroxyl groups excluding tert-OH is 1. The molecule has 3 aliphatic heterocycles. The lowest BCUT2D eigenvalue weighted by molar-refractivity contribution is -0.141. The molecule has 10 heteroatoms. The van der Waals surface area contributed by atoms with E-state index in [2.05, 4.69) is 47.7 Å². The van der Waals surface area contributed by atoms with Crippen LogP contribution in [0.2, 0.25) is 0 Å². The Balaban J connectivity index is 1.15. The third-order valence-corrected chi connectivity index (χ3v) is 9.00. The highest BCUT2D eigenvalue weighted by Crippen LogP contribution is 2.39. The van der Waals surface area contributed by atoms with Gasteiger partial charge >= 0.3 is 6.18 Å². The molecule has 1 aromatic carbocycles. The number of halogens is 3. The number of piperazine rings is 1. The number of aliphatic hydroxyl groups is 1. The maximum absolute atomic E-state index is 13.1. The summed E-state index contributed by atoms with van der Waals surface area (Å²) in [5.41, 5.74) is 2.79. The molecule has 4 heterocycles. The van der Waals surface area contributed by atoms with E-state index in [1.165, 1.54) is 17.2 Å². The molecule has 2 bridgehead atoms. The van der Waals surface area contributed by atoms with Crippen LogP contribution < -0.4 is 4.74 Å². The van der Waals surface area contributed by atoms with Gasteiger partial charge in [-0.05, 0) is 81.3 Å². The third-order valence-electron chi connectivity index (χ3n) is 9.00. The summed E-state index contributed by atoms with van der Waals surface area (Å²) >= 11 is 0. The maximum atomic E-state index is 13.1. The number of pyridine rings is 1. The van der Waals surface area contributed by atoms with E-state index < -0.39 is 11.9 Å². The topological polar surface area (TPSA) is 69.1 Å². The molecule has 0 unspecified atom stereocenters. The summed E-state index contributed by atoms with van der Waals surface area (Å²) < 4.78 is 44.7. The molecule has 218 valence electrons. The van der Waals surface area contributed by atoms with E-state index in [0.29, 0.717) is 13.2 Å². The molecule has 0 spiro atoms. The number of alkyl halides is 3. The molecule has 3 atom stereocenters. The van der Waals surface area contributed by atoms with Crippen LogP contribution in [0.25, 0.3) is 0 Å². The number of likely N-dealkylation sites (tertiary alicyclic amines) is 3. The summed E-state index contributed by atoms with van der Waals surface area (Å²) in [6, 6.07) is 6.72. The monoisotopic (exact) mass is 560 g/mol. The number of piperidine rings is 1. The number of benzene rings is 1. The highest BCUT2D eigenvalue weighted by atomic mass is 19.4. The largest absolute Gasteiger partial charge is 0.493 e. The van der Waals surface area contributed by atoms with E-state index in [-0.39, 0.29) is 35.7 Å². The van der Waals surface area contributed by atoms with Crippen LogP contribution in [0.3, 0.4) is 0 Å². The average molecular weight is 561 g/mol. The highest BCUT2D eigenvalue weighted by molar-refractivity contribution is 5.94. The zero-order valence-corrected chi connectivity index (χ0v) is 23.5. The number of carbonyl (C=O) groups excluding carboxylic acids is 1. The number of fused-ring (bicyclic) bond motifs is 2. The number of ether oxygens (including phenoxy) is 1. The Hall–Kier alpha value is -2.69. The van der Waals surface area contributed by atoms with Gasteiger partial charge in [-0.2, -0.15) is 13.2 Å². The van der Waals surface area contributed by atoms with Crippen molar-refractivity contribution < 1.29 is 27.8 Å². The van der Waals surface area contributed by atoms with Gasteiger partial charge in [-0.3, -0.25) is 14.7 Å². The van der Waals surface area contributed by atoms with Crippen LogP contribution in [-0.2, 0) is 6.18 Å². The second kappa shape index (κ2) is 11.7. The van der Waals surface area contributed by atoms with Gasteiger partial charge in [-0.1, -0.05) is 6.07 Å². The van der Waals surface area contributed by atoms with E-state index in [9.17, 15) is 23.1 Å². The van der Waals surface area contributed by atoms with Gasteiger partial charge in [0.05, 0.1) is 18.3 Å². The van der Waals surface area contributed by atoms with Crippen molar-refractivity contribution in [2.75, 3.05) is 39.3 Å². The van der Waals surface area contributed by atoms with Gasteiger partial charge in [-0.15, -0.1) is 0 Å². The zero-order valence-electron chi connectivity index (χ0n) is 23.5. The van der Waals surface area contributed by atoms with Gasteiger partial charge in [0, 0.05) is 57.0 Å². The van der Waals surface area contributed by atoms with Crippen LogP contribution in [-0.4, -0.2) is 88.2 Å². The normalized spacial score (nSPS) is 23.1. The predicted molar refractivity (Wildman–Crippen MR) is 145 cm³/mol. The fraction of sp³-hybridized carbons (Fsp3) is 0.600. The first kappa shape index (κ1) is 28.8. The molecule has 3 fully saturated rings. The first-order valence-electron chi connectivity index (χ1n) is 14.3. The minimum atomic E-state index is -4.52. The fourth-order valence-electron chi connectivity index (χ4n) is 6.49. The summed E-state index contributed by atoms with van der Waals surface area (Å²) in [4.78, 5) is 23.1. The Labute approximate surface area is 233 Å². The lowest BCUT2D eigenvalue weighted by Gasteiger charge is -2.38. The SMILES string of the molecule is Cc1c(OCCCN2CCC(O)CC2)ccc([C@H](C)N2C[C@@H]3C[C@H]2CN3C(=O)c2ccc(C(F)(F)F)nc2)c1C. The molecular weight excluding hydrogens is 521 g/mol. The molecule has 1 amide bonds. The Morgan fingerprint density at radius 3 is 2.48 bits per heavy atom. The maximum Gasteiger partial charge on any atom is 0.433 e. The van der Waals surface area contributed by atoms with Crippen molar-refractivity contribution in [3.63, 3.8) is 0 Å². The lowest BCUT2D eigenvalue weighted by atomic mass is 9.96. The van der Waals surface area contributed by atoms with Gasteiger partial charge in [0.1, 0.15) is 11.4 Å². The van der Waals surface area contributed by atoms with Crippen molar-refractivity contribution in [3.05, 3.63) is 58.4 Å². The van der Waals surface area contributed by atoms with Gasteiger partial charge < -0.3 is 19.6 Å². The fourth-order valence-corrected chi connectivity index (χ4v) is 6.49. The molecule has 1 N–H and O–H groups in total. The molecular formula is C30H39F3N4O3.